The van der Waals surface area contributed by atoms with E-state index in [-0.39, 0.29) is 17.2 Å². The van der Waals surface area contributed by atoms with Gasteiger partial charge >= 0.3 is 0 Å². The monoisotopic (exact) mass is 434 g/mol. The van der Waals surface area contributed by atoms with Crippen LogP contribution in [-0.2, 0) is 11.8 Å². The number of anilines is 1. The van der Waals surface area contributed by atoms with Gasteiger partial charge in [0.1, 0.15) is 5.56 Å². The molecule has 2 amide bonds. The molecule has 9 heteroatoms. The van der Waals surface area contributed by atoms with Crippen LogP contribution in [0.2, 0.25) is 5.02 Å². The fraction of sp³-hybridized carbons (Fsp3) is 0.400. The molecule has 1 aliphatic rings. The molecule has 0 spiro atoms. The van der Waals surface area contributed by atoms with Gasteiger partial charge in [-0.1, -0.05) is 36.2 Å². The number of amides is 2. The number of hydrogen-bond acceptors (Lipinski definition) is 5. The molecular weight excluding hydrogens is 412 g/mol. The van der Waals surface area contributed by atoms with Crippen molar-refractivity contribution in [3.8, 4) is 0 Å². The summed E-state index contributed by atoms with van der Waals surface area (Å²) in [5.74, 6) is -0.273. The molecule has 154 valence electrons. The number of likely N-dealkylation sites (tertiary alicyclic amines) is 1. The van der Waals surface area contributed by atoms with Crippen LogP contribution < -0.4 is 10.9 Å². The van der Waals surface area contributed by atoms with Crippen LogP contribution in [0.4, 0.5) is 5.69 Å². The number of benzene rings is 1. The highest BCUT2D eigenvalue weighted by Gasteiger charge is 2.19. The number of nitrogens with one attached hydrogen (secondary N) is 1. The summed E-state index contributed by atoms with van der Waals surface area (Å²) in [7, 11) is 1.55. The maximum Gasteiger partial charge on any atom is 0.266 e. The van der Waals surface area contributed by atoms with Gasteiger partial charge in [0, 0.05) is 37.0 Å². The Kier molecular flexibility index (Phi) is 7.33. The van der Waals surface area contributed by atoms with Crippen molar-refractivity contribution in [2.75, 3.05) is 24.2 Å². The van der Waals surface area contributed by atoms with Crippen LogP contribution in [0.5, 0.6) is 0 Å². The Morgan fingerprint density at radius 2 is 1.79 bits per heavy atom. The van der Waals surface area contributed by atoms with Crippen molar-refractivity contribution in [2.24, 2.45) is 7.05 Å². The quantitative estimate of drug-likeness (QED) is 0.577. The lowest BCUT2D eigenvalue weighted by Gasteiger charge is -2.20. The minimum Gasteiger partial charge on any atom is -0.342 e. The summed E-state index contributed by atoms with van der Waals surface area (Å²) >= 11 is 7.04. The highest BCUT2D eigenvalue weighted by atomic mass is 35.5. The smallest absolute Gasteiger partial charge is 0.266 e. The second kappa shape index (κ2) is 9.93. The van der Waals surface area contributed by atoms with Gasteiger partial charge in [-0.15, -0.1) is 0 Å². The molecule has 1 aromatic carbocycles. The maximum absolute atomic E-state index is 12.6. The van der Waals surface area contributed by atoms with E-state index in [9.17, 15) is 14.4 Å². The number of nitrogens with zero attached hydrogens (tertiary/aromatic N) is 3. The van der Waals surface area contributed by atoms with Crippen LogP contribution in [0.15, 0.2) is 40.4 Å². The van der Waals surface area contributed by atoms with Crippen molar-refractivity contribution >= 4 is 40.9 Å². The van der Waals surface area contributed by atoms with Crippen LogP contribution in [0.3, 0.4) is 0 Å². The van der Waals surface area contributed by atoms with Gasteiger partial charge in [-0.2, -0.15) is 0 Å². The van der Waals surface area contributed by atoms with Crippen molar-refractivity contribution in [3.05, 3.63) is 51.4 Å². The van der Waals surface area contributed by atoms with E-state index in [4.69, 9.17) is 11.6 Å². The highest BCUT2D eigenvalue weighted by Crippen LogP contribution is 2.17. The van der Waals surface area contributed by atoms with E-state index in [1.165, 1.54) is 22.5 Å². The molecule has 0 aliphatic carbocycles. The molecule has 0 bridgehead atoms. The first-order chi connectivity index (χ1) is 14.0. The van der Waals surface area contributed by atoms with E-state index in [1.807, 2.05) is 4.90 Å². The molecule has 1 aromatic heterocycles. The number of halogens is 1. The summed E-state index contributed by atoms with van der Waals surface area (Å²) in [4.78, 5) is 43.6. The average Bonchev–Trinajstić information content (AvgIpc) is 3.00. The van der Waals surface area contributed by atoms with Gasteiger partial charge in [0.25, 0.3) is 11.5 Å². The fourth-order valence-corrected chi connectivity index (χ4v) is 4.05. The van der Waals surface area contributed by atoms with Gasteiger partial charge in [0.15, 0.2) is 5.16 Å². The number of thioether (sulfide) groups is 1. The molecule has 0 atom stereocenters. The third-order valence-electron chi connectivity index (χ3n) is 4.76. The van der Waals surface area contributed by atoms with Crippen molar-refractivity contribution < 1.29 is 9.59 Å². The van der Waals surface area contributed by atoms with Gasteiger partial charge in [-0.3, -0.25) is 19.0 Å². The van der Waals surface area contributed by atoms with Gasteiger partial charge in [0.05, 0.1) is 5.75 Å². The summed E-state index contributed by atoms with van der Waals surface area (Å²) in [5, 5.41) is 3.61. The zero-order valence-corrected chi connectivity index (χ0v) is 17.8. The first-order valence-corrected chi connectivity index (χ1v) is 10.9. The SMILES string of the molecule is Cn1c(SCC(=O)N2CCCCCC2)ncc(C(=O)Nc2ccc(Cl)cc2)c1=O. The van der Waals surface area contributed by atoms with Crippen molar-refractivity contribution in [3.63, 3.8) is 0 Å². The predicted molar refractivity (Wildman–Crippen MR) is 115 cm³/mol. The van der Waals surface area contributed by atoms with Gasteiger partial charge in [-0.05, 0) is 37.1 Å². The van der Waals surface area contributed by atoms with Gasteiger partial charge < -0.3 is 10.2 Å². The molecule has 1 aliphatic heterocycles. The molecule has 1 N–H and O–H groups in total. The minimum atomic E-state index is -0.544. The lowest BCUT2D eigenvalue weighted by Crippen LogP contribution is -2.33. The molecule has 0 saturated carbocycles. The number of rotatable bonds is 5. The normalized spacial score (nSPS) is 14.3. The number of hydrogen-bond donors (Lipinski definition) is 1. The molecular formula is C20H23ClN4O3S. The molecule has 0 unspecified atom stereocenters. The topological polar surface area (TPSA) is 84.3 Å². The molecule has 2 aromatic rings. The van der Waals surface area contributed by atoms with E-state index in [0.717, 1.165) is 38.8 Å². The third-order valence-corrected chi connectivity index (χ3v) is 6.04. The largest absolute Gasteiger partial charge is 0.342 e. The van der Waals surface area contributed by atoms with Crippen molar-refractivity contribution in [2.45, 2.75) is 30.8 Å². The van der Waals surface area contributed by atoms with Crippen LogP contribution in [0.25, 0.3) is 0 Å². The van der Waals surface area contributed by atoms with E-state index >= 15 is 0 Å². The van der Waals surface area contributed by atoms with Crippen LogP contribution in [-0.4, -0.2) is 45.1 Å². The first kappa shape index (κ1) is 21.4. The lowest BCUT2D eigenvalue weighted by atomic mass is 10.2. The Morgan fingerprint density at radius 3 is 2.45 bits per heavy atom. The van der Waals surface area contributed by atoms with Crippen LogP contribution in [0.1, 0.15) is 36.0 Å². The van der Waals surface area contributed by atoms with Crippen LogP contribution in [0, 0.1) is 0 Å². The third kappa shape index (κ3) is 5.61. The lowest BCUT2D eigenvalue weighted by molar-refractivity contribution is -0.128. The van der Waals surface area contributed by atoms with E-state index in [0.29, 0.717) is 15.9 Å². The Morgan fingerprint density at radius 1 is 1.14 bits per heavy atom. The van der Waals surface area contributed by atoms with Crippen LogP contribution >= 0.6 is 23.4 Å². The minimum absolute atomic E-state index is 0.0516. The molecule has 29 heavy (non-hydrogen) atoms. The second-order valence-corrected chi connectivity index (χ2v) is 8.24. The molecule has 7 nitrogen and oxygen atoms in total. The summed E-state index contributed by atoms with van der Waals surface area (Å²) in [6, 6.07) is 6.59. The average molecular weight is 435 g/mol. The first-order valence-electron chi connectivity index (χ1n) is 9.49. The van der Waals surface area contributed by atoms with E-state index in [1.54, 1.807) is 31.3 Å². The Labute approximate surface area is 178 Å². The molecule has 1 saturated heterocycles. The summed E-state index contributed by atoms with van der Waals surface area (Å²) in [6.45, 7) is 1.57. The standard InChI is InChI=1S/C20H23ClN4O3S/c1-24-19(28)16(18(27)23-15-8-6-14(21)7-9-15)12-22-20(24)29-13-17(26)25-10-4-2-3-5-11-25/h6-9,12H,2-5,10-11,13H2,1H3,(H,23,27). The number of aromatic nitrogens is 2. The summed E-state index contributed by atoms with van der Waals surface area (Å²) < 4.78 is 1.30. The Hall–Kier alpha value is -2.32. The van der Waals surface area contributed by atoms with Gasteiger partial charge in [0.2, 0.25) is 5.91 Å². The summed E-state index contributed by atoms with van der Waals surface area (Å²) in [5.41, 5.74) is 0.00443. The summed E-state index contributed by atoms with van der Waals surface area (Å²) in [6.07, 6.45) is 5.64. The Balaban J connectivity index is 1.65. The van der Waals surface area contributed by atoms with Crippen molar-refractivity contribution in [1.29, 1.82) is 0 Å². The second-order valence-electron chi connectivity index (χ2n) is 6.86. The van der Waals surface area contributed by atoms with Crippen molar-refractivity contribution in [1.82, 2.24) is 14.5 Å². The van der Waals surface area contributed by atoms with Gasteiger partial charge in [-0.25, -0.2) is 4.98 Å². The molecule has 1 fully saturated rings. The zero-order chi connectivity index (χ0) is 20.8. The predicted octanol–water partition coefficient (Wildman–Crippen LogP) is 3.18. The molecule has 2 heterocycles. The Bertz CT molecular complexity index is 938. The molecule has 3 rings (SSSR count). The van der Waals surface area contributed by atoms with E-state index < -0.39 is 11.5 Å². The van der Waals surface area contributed by atoms with E-state index in [2.05, 4.69) is 10.3 Å². The number of carbonyl (C=O) groups excluding carboxylic acids is 2. The number of carbonyl (C=O) groups is 2. The zero-order valence-electron chi connectivity index (χ0n) is 16.2. The maximum atomic E-state index is 12.6. The highest BCUT2D eigenvalue weighted by molar-refractivity contribution is 7.99. The fourth-order valence-electron chi connectivity index (χ4n) is 3.09. The molecule has 0 radical (unpaired) electrons.